The Hall–Kier alpha value is -5.88. The molecule has 0 unspecified atom stereocenters. The number of carbonyl (C=O) groups excluding carboxylic acids is 1. The minimum atomic E-state index is -4.66. The highest BCUT2D eigenvalue weighted by Gasteiger charge is 2.41. The fourth-order valence-corrected chi connectivity index (χ4v) is 12.4. The average molecular weight is 978 g/mol. The molecule has 0 atom stereocenters. The summed E-state index contributed by atoms with van der Waals surface area (Å²) in [6.45, 7) is 7.42. The zero-order valence-corrected chi connectivity index (χ0v) is 40.2. The van der Waals surface area contributed by atoms with Gasteiger partial charge in [0.2, 0.25) is 5.88 Å². The van der Waals surface area contributed by atoms with Crippen LogP contribution in [-0.2, 0) is 14.8 Å². The number of benzene rings is 3. The van der Waals surface area contributed by atoms with E-state index in [0.717, 1.165) is 80.6 Å². The molecule has 3 fully saturated rings. The van der Waals surface area contributed by atoms with E-state index in [9.17, 15) is 23.3 Å². The number of ether oxygens (including phenoxy) is 3. The number of anilines is 4. The highest BCUT2D eigenvalue weighted by atomic mass is 35.5. The van der Waals surface area contributed by atoms with Gasteiger partial charge < -0.3 is 33.9 Å². The number of piperazine rings is 1. The van der Waals surface area contributed by atoms with E-state index in [2.05, 4.69) is 31.6 Å². The largest absolute Gasteiger partial charge is 0.489 e. The lowest BCUT2D eigenvalue weighted by Crippen LogP contribution is -2.47. The van der Waals surface area contributed by atoms with Crippen LogP contribution < -0.4 is 28.9 Å². The van der Waals surface area contributed by atoms with Crippen LogP contribution in [0, 0.1) is 21.4 Å². The van der Waals surface area contributed by atoms with Gasteiger partial charge in [-0.2, -0.15) is 4.98 Å². The van der Waals surface area contributed by atoms with Crippen LogP contribution in [0.2, 0.25) is 5.02 Å². The monoisotopic (exact) mass is 976 g/mol. The standard InChI is InChI=1S/C51H57ClN8O8S/c52-38-5-3-35(4-6-38)42-31-51(13-1-14-51)15-9-37(42)33-56-18-20-57(21-19-56)39-7-8-41(43(28-39)59-17-2-23-68-50-45(59)27-36-10-16-53-48(36)54-50)49(61)55-69(64,65)40-29-44(60(62)63)47-46(30-40)67-26-22-58(47)32-34-11-24-66-25-12-34/h3-8,10,16,27-30,34H,1-2,9,11-15,17-26,31-33H2,(H,53,54)(H,55,61). The van der Waals surface area contributed by atoms with Gasteiger partial charge in [0.25, 0.3) is 21.6 Å². The normalized spacial score (nSPS) is 19.9. The summed E-state index contributed by atoms with van der Waals surface area (Å²) in [7, 11) is -4.66. The van der Waals surface area contributed by atoms with Crippen molar-refractivity contribution >= 4 is 72.6 Å². The number of hydrogen-bond acceptors (Lipinski definition) is 13. The molecule has 1 spiro atoms. The number of nitrogens with one attached hydrogen (secondary N) is 2. The molecular weight excluding hydrogens is 920 g/mol. The van der Waals surface area contributed by atoms with Gasteiger partial charge in [0.15, 0.2) is 11.4 Å². The fourth-order valence-electron chi connectivity index (χ4n) is 11.3. The molecule has 69 heavy (non-hydrogen) atoms. The third-order valence-electron chi connectivity index (χ3n) is 15.3. The first-order valence-electron chi connectivity index (χ1n) is 24.3. The third kappa shape index (κ3) is 9.21. The minimum Gasteiger partial charge on any atom is -0.489 e. The molecule has 2 aromatic heterocycles. The maximum atomic E-state index is 14.6. The number of H-pyrrole nitrogens is 1. The quantitative estimate of drug-likeness (QED) is 0.0951. The van der Waals surface area contributed by atoms with E-state index in [1.54, 1.807) is 12.3 Å². The predicted molar refractivity (Wildman–Crippen MR) is 266 cm³/mol. The van der Waals surface area contributed by atoms with Crippen LogP contribution in [0.15, 0.2) is 83.4 Å². The number of nitro groups is 1. The zero-order valence-electron chi connectivity index (χ0n) is 38.6. The van der Waals surface area contributed by atoms with Gasteiger partial charge in [-0.05, 0) is 116 Å². The Bertz CT molecular complexity index is 2930. The van der Waals surface area contributed by atoms with Crippen molar-refractivity contribution in [1.82, 2.24) is 19.6 Å². The Kier molecular flexibility index (Phi) is 12.4. The fraction of sp³-hybridized carbons (Fsp3) is 0.451. The van der Waals surface area contributed by atoms with Gasteiger partial charge in [-0.25, -0.2) is 13.1 Å². The van der Waals surface area contributed by atoms with Crippen LogP contribution in [0.4, 0.5) is 28.4 Å². The molecule has 16 nitrogen and oxygen atoms in total. The van der Waals surface area contributed by atoms with Crippen LogP contribution in [-0.4, -0.2) is 113 Å². The summed E-state index contributed by atoms with van der Waals surface area (Å²) >= 11 is 6.32. The van der Waals surface area contributed by atoms with Gasteiger partial charge in [-0.3, -0.25) is 19.8 Å². The van der Waals surface area contributed by atoms with Crippen molar-refractivity contribution in [3.63, 3.8) is 0 Å². The molecule has 0 bridgehead atoms. The molecule has 362 valence electrons. The Morgan fingerprint density at radius 3 is 2.48 bits per heavy atom. The van der Waals surface area contributed by atoms with E-state index in [4.69, 9.17) is 30.8 Å². The first kappa shape index (κ1) is 45.6. The molecule has 6 heterocycles. The summed E-state index contributed by atoms with van der Waals surface area (Å²) in [5.41, 5.74) is 7.36. The molecule has 2 saturated heterocycles. The van der Waals surface area contributed by atoms with Crippen molar-refractivity contribution < 1.29 is 32.3 Å². The van der Waals surface area contributed by atoms with E-state index in [1.807, 2.05) is 46.2 Å². The van der Waals surface area contributed by atoms with Crippen molar-refractivity contribution in [3.05, 3.63) is 105 Å². The summed E-state index contributed by atoms with van der Waals surface area (Å²) in [4.78, 5) is 42.9. The number of pyridine rings is 1. The summed E-state index contributed by atoms with van der Waals surface area (Å²) < 4.78 is 48.4. The van der Waals surface area contributed by atoms with Crippen LogP contribution >= 0.6 is 11.6 Å². The van der Waals surface area contributed by atoms with Crippen molar-refractivity contribution in [2.75, 3.05) is 93.5 Å². The van der Waals surface area contributed by atoms with Gasteiger partial charge in [0.1, 0.15) is 17.9 Å². The smallest absolute Gasteiger partial charge is 0.297 e. The SMILES string of the molecule is O=C(NS(=O)(=O)c1cc2c(c([N+](=O)[O-])c1)N(CC1CCOCC1)CCO2)c1ccc(N2CCN(CC3=C(c4ccc(Cl)cc4)CC4(CCC4)CC3)CC2)cc1N1CCCOc2nc3[nH]ccc3cc21. The van der Waals surface area contributed by atoms with E-state index < -0.39 is 31.4 Å². The molecule has 0 radical (unpaired) electrons. The van der Waals surface area contributed by atoms with Gasteiger partial charge in [0.05, 0.1) is 34.2 Å². The molecule has 2 N–H and O–H groups in total. The number of amides is 1. The molecule has 18 heteroatoms. The van der Waals surface area contributed by atoms with Gasteiger partial charge >= 0.3 is 0 Å². The molecule has 3 aromatic carbocycles. The number of nitro benzene ring substituents is 1. The van der Waals surface area contributed by atoms with Crippen molar-refractivity contribution in [1.29, 1.82) is 0 Å². The topological polar surface area (TPSA) is 176 Å². The second kappa shape index (κ2) is 18.8. The van der Waals surface area contributed by atoms with Crippen molar-refractivity contribution in [3.8, 4) is 11.6 Å². The number of rotatable bonds is 11. The molecule has 1 saturated carbocycles. The van der Waals surface area contributed by atoms with Gasteiger partial charge in [-0.1, -0.05) is 35.7 Å². The second-order valence-electron chi connectivity index (χ2n) is 19.5. The number of halogens is 1. The van der Waals surface area contributed by atoms with Crippen molar-refractivity contribution in [2.24, 2.45) is 11.3 Å². The van der Waals surface area contributed by atoms with Gasteiger partial charge in [-0.15, -0.1) is 0 Å². The van der Waals surface area contributed by atoms with Crippen LogP contribution in [0.25, 0.3) is 16.6 Å². The maximum absolute atomic E-state index is 14.6. The van der Waals surface area contributed by atoms with Gasteiger partial charge in [0, 0.05) is 93.5 Å². The average Bonchev–Trinajstić information content (AvgIpc) is 3.71. The predicted octanol–water partition coefficient (Wildman–Crippen LogP) is 8.72. The van der Waals surface area contributed by atoms with Crippen LogP contribution in [0.1, 0.15) is 73.7 Å². The Morgan fingerprint density at radius 1 is 0.899 bits per heavy atom. The molecule has 5 aromatic rings. The Balaban J connectivity index is 0.881. The number of aromatic nitrogens is 2. The van der Waals surface area contributed by atoms with E-state index >= 15 is 0 Å². The third-order valence-corrected chi connectivity index (χ3v) is 16.8. The zero-order chi connectivity index (χ0) is 47.3. The van der Waals surface area contributed by atoms with Crippen molar-refractivity contribution in [2.45, 2.75) is 62.7 Å². The lowest BCUT2D eigenvalue weighted by atomic mass is 9.59. The summed E-state index contributed by atoms with van der Waals surface area (Å²) in [6.07, 6.45) is 11.5. The summed E-state index contributed by atoms with van der Waals surface area (Å²) in [6, 6.07) is 20.0. The Labute approximate surface area is 406 Å². The molecule has 11 rings (SSSR count). The first-order valence-corrected chi connectivity index (χ1v) is 26.2. The van der Waals surface area contributed by atoms with E-state index in [-0.39, 0.29) is 29.5 Å². The molecular formula is C51H57ClN8O8S. The highest BCUT2D eigenvalue weighted by Crippen LogP contribution is 2.55. The van der Waals surface area contributed by atoms with E-state index in [1.165, 1.54) is 48.5 Å². The molecule has 1 amide bonds. The number of fused-ring (bicyclic) bond motifs is 3. The molecule has 2 aliphatic carbocycles. The first-order chi connectivity index (χ1) is 33.5. The number of allylic oxidation sites excluding steroid dienone is 1. The summed E-state index contributed by atoms with van der Waals surface area (Å²) in [5.74, 6) is -0.133. The molecule has 4 aliphatic heterocycles. The van der Waals surface area contributed by atoms with Crippen LogP contribution in [0.3, 0.4) is 0 Å². The number of hydrogen-bond donors (Lipinski definition) is 2. The lowest BCUT2D eigenvalue weighted by molar-refractivity contribution is -0.384. The van der Waals surface area contributed by atoms with E-state index in [0.29, 0.717) is 74.2 Å². The number of carbonyl (C=O) groups is 1. The number of aromatic amines is 1. The number of sulfonamides is 1. The highest BCUT2D eigenvalue weighted by molar-refractivity contribution is 7.90. The maximum Gasteiger partial charge on any atom is 0.297 e. The Morgan fingerprint density at radius 2 is 1.71 bits per heavy atom. The minimum absolute atomic E-state index is 0.0877. The lowest BCUT2D eigenvalue weighted by Gasteiger charge is -2.47. The summed E-state index contributed by atoms with van der Waals surface area (Å²) in [5, 5.41) is 14.2. The van der Waals surface area contributed by atoms with Crippen LogP contribution in [0.5, 0.6) is 11.6 Å². The molecule has 6 aliphatic rings. The second-order valence-corrected chi connectivity index (χ2v) is 21.6. The number of nitrogens with zero attached hydrogens (tertiary/aromatic N) is 6.